The standard InChI is InChI=1S/C7H15NOSi/c1-6(7(8)9)4-2-3-5-10/h4H,2-3,5H2,1,10H3,(H2,8,9). The second kappa shape index (κ2) is 5.23. The number of nitrogens with two attached hydrogens (primary N) is 1. The highest BCUT2D eigenvalue weighted by Crippen LogP contribution is 1.98. The zero-order chi connectivity index (χ0) is 7.98. The van der Waals surface area contributed by atoms with Crippen molar-refractivity contribution in [3.63, 3.8) is 0 Å². The Balaban J connectivity index is 3.58. The van der Waals surface area contributed by atoms with Gasteiger partial charge in [-0.25, -0.2) is 0 Å². The van der Waals surface area contributed by atoms with Crippen LogP contribution in [0.25, 0.3) is 0 Å². The average molecular weight is 157 g/mol. The van der Waals surface area contributed by atoms with Crippen molar-refractivity contribution < 1.29 is 4.79 Å². The van der Waals surface area contributed by atoms with Gasteiger partial charge in [0.15, 0.2) is 0 Å². The third kappa shape index (κ3) is 4.32. The Kier molecular flexibility index (Phi) is 4.93. The van der Waals surface area contributed by atoms with Gasteiger partial charge < -0.3 is 5.73 Å². The molecule has 2 nitrogen and oxygen atoms in total. The minimum absolute atomic E-state index is 0.298. The van der Waals surface area contributed by atoms with Gasteiger partial charge in [0, 0.05) is 15.8 Å². The molecule has 1 amide bonds. The summed E-state index contributed by atoms with van der Waals surface area (Å²) in [6.07, 6.45) is 4.11. The highest BCUT2D eigenvalue weighted by atomic mass is 28.1. The molecule has 10 heavy (non-hydrogen) atoms. The third-order valence-electron chi connectivity index (χ3n) is 1.40. The lowest BCUT2D eigenvalue weighted by Gasteiger charge is -1.92. The molecule has 2 N–H and O–H groups in total. The van der Waals surface area contributed by atoms with E-state index in [0.29, 0.717) is 5.57 Å². The maximum atomic E-state index is 10.5. The first-order valence-corrected chi connectivity index (χ1v) is 5.06. The summed E-state index contributed by atoms with van der Waals surface area (Å²) >= 11 is 0. The minimum Gasteiger partial charge on any atom is -0.366 e. The second-order valence-corrected chi connectivity index (χ2v) is 3.39. The number of carbonyl (C=O) groups excluding carboxylic acids is 1. The van der Waals surface area contributed by atoms with Crippen molar-refractivity contribution >= 4 is 16.1 Å². The SMILES string of the molecule is CC(=CCCC[SiH3])C(N)=O. The van der Waals surface area contributed by atoms with Crippen LogP contribution in [0.4, 0.5) is 0 Å². The summed E-state index contributed by atoms with van der Waals surface area (Å²) < 4.78 is 0. The highest BCUT2D eigenvalue weighted by molar-refractivity contribution is 6.08. The molecule has 0 spiro atoms. The molecule has 58 valence electrons. The molecule has 0 heterocycles. The Labute approximate surface area is 64.9 Å². The number of rotatable bonds is 4. The smallest absolute Gasteiger partial charge is 0.244 e. The maximum Gasteiger partial charge on any atom is 0.244 e. The molecule has 0 saturated carbocycles. The summed E-state index contributed by atoms with van der Waals surface area (Å²) in [5, 5.41) is 0. The van der Waals surface area contributed by atoms with Gasteiger partial charge in [0.25, 0.3) is 0 Å². The van der Waals surface area contributed by atoms with E-state index < -0.39 is 0 Å². The van der Waals surface area contributed by atoms with Gasteiger partial charge in [-0.1, -0.05) is 18.5 Å². The summed E-state index contributed by atoms with van der Waals surface area (Å²) in [7, 11) is 1.25. The van der Waals surface area contributed by atoms with E-state index in [4.69, 9.17) is 5.73 Å². The molecule has 0 aliphatic rings. The van der Waals surface area contributed by atoms with Crippen LogP contribution in [0.5, 0.6) is 0 Å². The monoisotopic (exact) mass is 157 g/mol. The Morgan fingerprint density at radius 3 is 2.70 bits per heavy atom. The molecule has 0 aliphatic heterocycles. The van der Waals surface area contributed by atoms with Crippen molar-refractivity contribution in [3.05, 3.63) is 11.6 Å². The van der Waals surface area contributed by atoms with Crippen molar-refractivity contribution in [2.75, 3.05) is 0 Å². The van der Waals surface area contributed by atoms with Crippen LogP contribution in [0.15, 0.2) is 11.6 Å². The predicted molar refractivity (Wildman–Crippen MR) is 46.9 cm³/mol. The fraction of sp³-hybridized carbons (Fsp3) is 0.571. The van der Waals surface area contributed by atoms with Crippen LogP contribution in [0, 0.1) is 0 Å². The third-order valence-corrected chi connectivity index (χ3v) is 2.10. The summed E-state index contributed by atoms with van der Waals surface area (Å²) in [4.78, 5) is 10.5. The number of unbranched alkanes of at least 4 members (excludes halogenated alkanes) is 1. The van der Waals surface area contributed by atoms with Gasteiger partial charge in [-0.2, -0.15) is 0 Å². The van der Waals surface area contributed by atoms with E-state index in [2.05, 4.69) is 0 Å². The van der Waals surface area contributed by atoms with Crippen LogP contribution >= 0.6 is 0 Å². The molecule has 0 unspecified atom stereocenters. The topological polar surface area (TPSA) is 43.1 Å². The zero-order valence-corrected chi connectivity index (χ0v) is 8.68. The van der Waals surface area contributed by atoms with E-state index in [1.807, 2.05) is 6.08 Å². The molecule has 0 atom stereocenters. The van der Waals surface area contributed by atoms with Crippen LogP contribution < -0.4 is 5.73 Å². The molecular weight excluding hydrogens is 142 g/mol. The van der Waals surface area contributed by atoms with Crippen LogP contribution in [0.3, 0.4) is 0 Å². The Morgan fingerprint density at radius 1 is 1.70 bits per heavy atom. The second-order valence-electron chi connectivity index (χ2n) is 2.39. The van der Waals surface area contributed by atoms with E-state index in [1.165, 1.54) is 22.7 Å². The van der Waals surface area contributed by atoms with Crippen LogP contribution in [0.1, 0.15) is 19.8 Å². The number of hydrogen-bond acceptors (Lipinski definition) is 1. The quantitative estimate of drug-likeness (QED) is 0.348. The first-order valence-electron chi connectivity index (χ1n) is 3.65. The molecule has 0 aliphatic carbocycles. The normalized spacial score (nSPS) is 11.9. The van der Waals surface area contributed by atoms with Crippen LogP contribution in [-0.2, 0) is 4.79 Å². The van der Waals surface area contributed by atoms with Gasteiger partial charge in [0.1, 0.15) is 0 Å². The highest BCUT2D eigenvalue weighted by Gasteiger charge is 1.93. The van der Waals surface area contributed by atoms with E-state index in [1.54, 1.807) is 6.92 Å². The molecule has 0 aromatic heterocycles. The summed E-state index contributed by atoms with van der Waals surface area (Å²) in [6.45, 7) is 1.76. The van der Waals surface area contributed by atoms with Crippen molar-refractivity contribution in [1.82, 2.24) is 0 Å². The lowest BCUT2D eigenvalue weighted by Crippen LogP contribution is -2.11. The van der Waals surface area contributed by atoms with Gasteiger partial charge in [0.2, 0.25) is 5.91 Å². The average Bonchev–Trinajstić information content (AvgIpc) is 1.88. The van der Waals surface area contributed by atoms with Gasteiger partial charge in [-0.15, -0.1) is 0 Å². The first kappa shape index (κ1) is 9.43. The van der Waals surface area contributed by atoms with Crippen LogP contribution in [-0.4, -0.2) is 16.1 Å². The molecule has 0 aromatic rings. The van der Waals surface area contributed by atoms with Crippen LogP contribution in [0.2, 0.25) is 6.04 Å². The zero-order valence-electron chi connectivity index (χ0n) is 6.68. The van der Waals surface area contributed by atoms with Gasteiger partial charge in [-0.3, -0.25) is 4.79 Å². The van der Waals surface area contributed by atoms with Crippen molar-refractivity contribution in [3.8, 4) is 0 Å². The van der Waals surface area contributed by atoms with E-state index >= 15 is 0 Å². The fourth-order valence-corrected chi connectivity index (χ4v) is 1.03. The van der Waals surface area contributed by atoms with Crippen molar-refractivity contribution in [2.24, 2.45) is 5.73 Å². The van der Waals surface area contributed by atoms with Gasteiger partial charge in [0.05, 0.1) is 0 Å². The summed E-state index contributed by atoms with van der Waals surface area (Å²) in [6, 6.07) is 1.29. The van der Waals surface area contributed by atoms with Gasteiger partial charge >= 0.3 is 0 Å². The lowest BCUT2D eigenvalue weighted by atomic mass is 10.2. The first-order chi connectivity index (χ1) is 4.68. The fourth-order valence-electron chi connectivity index (χ4n) is 0.623. The molecule has 0 bridgehead atoms. The predicted octanol–water partition coefficient (Wildman–Crippen LogP) is -0.0181. The van der Waals surface area contributed by atoms with E-state index in [0.717, 1.165) is 6.42 Å². The molecule has 0 aromatic carbocycles. The van der Waals surface area contributed by atoms with E-state index in [-0.39, 0.29) is 5.91 Å². The number of carbonyl (C=O) groups is 1. The molecule has 0 fully saturated rings. The Hall–Kier alpha value is -0.573. The number of primary amides is 1. The maximum absolute atomic E-state index is 10.5. The van der Waals surface area contributed by atoms with Crippen molar-refractivity contribution in [2.45, 2.75) is 25.8 Å². The molecule has 0 saturated heterocycles. The largest absolute Gasteiger partial charge is 0.366 e. The van der Waals surface area contributed by atoms with E-state index in [9.17, 15) is 4.79 Å². The van der Waals surface area contributed by atoms with Crippen molar-refractivity contribution in [1.29, 1.82) is 0 Å². The molecule has 0 radical (unpaired) electrons. The Bertz CT molecular complexity index is 143. The summed E-state index contributed by atoms with van der Waals surface area (Å²) in [5.41, 5.74) is 5.71. The number of hydrogen-bond donors (Lipinski definition) is 1. The summed E-state index contributed by atoms with van der Waals surface area (Å²) in [5.74, 6) is -0.298. The van der Waals surface area contributed by atoms with Gasteiger partial charge in [-0.05, 0) is 13.3 Å². The molecule has 3 heteroatoms. The Morgan fingerprint density at radius 2 is 2.30 bits per heavy atom. The lowest BCUT2D eigenvalue weighted by molar-refractivity contribution is -0.114. The molecule has 0 rings (SSSR count). The number of allylic oxidation sites excluding steroid dienone is 1. The number of amides is 1. The minimum atomic E-state index is -0.298. The molecular formula is C7H15NOSi.